The van der Waals surface area contributed by atoms with Gasteiger partial charge >= 0.3 is 5.97 Å². The van der Waals surface area contributed by atoms with E-state index in [2.05, 4.69) is 42.5 Å². The summed E-state index contributed by atoms with van der Waals surface area (Å²) in [5.74, 6) is -1.01. The molecule has 0 saturated carbocycles. The van der Waals surface area contributed by atoms with E-state index in [1.54, 1.807) is 6.07 Å². The summed E-state index contributed by atoms with van der Waals surface area (Å²) in [5, 5.41) is 11.7. The minimum absolute atomic E-state index is 0.140. The molecule has 152 valence electrons. The van der Waals surface area contributed by atoms with Crippen LogP contribution in [0.3, 0.4) is 0 Å². The summed E-state index contributed by atoms with van der Waals surface area (Å²) in [6.07, 6.45) is 0. The Labute approximate surface area is 185 Å². The molecular formula is C29H19NO2. The van der Waals surface area contributed by atoms with Crippen molar-refractivity contribution in [3.05, 3.63) is 103 Å². The van der Waals surface area contributed by atoms with Gasteiger partial charge in [-0.1, -0.05) is 91.0 Å². The molecule has 0 heterocycles. The predicted molar refractivity (Wildman–Crippen MR) is 131 cm³/mol. The summed E-state index contributed by atoms with van der Waals surface area (Å²) in [5.41, 5.74) is 15.4. The van der Waals surface area contributed by atoms with Gasteiger partial charge in [0, 0.05) is 5.39 Å². The van der Waals surface area contributed by atoms with E-state index in [1.807, 2.05) is 48.5 Å². The molecule has 0 aromatic heterocycles. The molecule has 3 N–H and O–H groups in total. The molecule has 0 radical (unpaired) electrons. The van der Waals surface area contributed by atoms with Gasteiger partial charge in [0.1, 0.15) is 0 Å². The molecule has 5 aromatic carbocycles. The minimum atomic E-state index is -1.01. The van der Waals surface area contributed by atoms with Crippen molar-refractivity contribution in [1.82, 2.24) is 0 Å². The average Bonchev–Trinajstić information content (AvgIpc) is 3.17. The number of hydrogen-bond donors (Lipinski definition) is 2. The molecule has 3 nitrogen and oxygen atoms in total. The van der Waals surface area contributed by atoms with Crippen LogP contribution < -0.4 is 5.73 Å². The molecule has 5 aromatic rings. The summed E-state index contributed by atoms with van der Waals surface area (Å²) < 4.78 is 0. The summed E-state index contributed by atoms with van der Waals surface area (Å²) in [6, 6.07) is 32.6. The maximum atomic E-state index is 12.0. The Bertz CT molecular complexity index is 1540. The van der Waals surface area contributed by atoms with Crippen molar-refractivity contribution in [3.63, 3.8) is 0 Å². The third-order valence-electron chi connectivity index (χ3n) is 6.35. The molecule has 0 bridgehead atoms. The van der Waals surface area contributed by atoms with Gasteiger partial charge in [-0.25, -0.2) is 4.79 Å². The first-order valence-corrected chi connectivity index (χ1v) is 10.5. The van der Waals surface area contributed by atoms with Gasteiger partial charge in [0.2, 0.25) is 0 Å². The second kappa shape index (κ2) is 6.82. The lowest BCUT2D eigenvalue weighted by atomic mass is 9.87. The van der Waals surface area contributed by atoms with Gasteiger partial charge in [0.05, 0.1) is 11.3 Å². The fourth-order valence-corrected chi connectivity index (χ4v) is 4.97. The van der Waals surface area contributed by atoms with Gasteiger partial charge < -0.3 is 10.8 Å². The average molecular weight is 413 g/mol. The molecule has 0 saturated heterocycles. The summed E-state index contributed by atoms with van der Waals surface area (Å²) in [7, 11) is 0. The van der Waals surface area contributed by atoms with Crippen molar-refractivity contribution in [2.45, 2.75) is 0 Å². The summed E-state index contributed by atoms with van der Waals surface area (Å²) in [6.45, 7) is 0. The van der Waals surface area contributed by atoms with Crippen molar-refractivity contribution in [1.29, 1.82) is 0 Å². The van der Waals surface area contributed by atoms with Crippen LogP contribution in [-0.2, 0) is 0 Å². The smallest absolute Gasteiger partial charge is 0.337 e. The normalized spacial score (nSPS) is 11.5. The predicted octanol–water partition coefficient (Wildman–Crippen LogP) is 7.10. The number of anilines is 1. The zero-order valence-corrected chi connectivity index (χ0v) is 17.2. The van der Waals surface area contributed by atoms with Gasteiger partial charge in [-0.2, -0.15) is 0 Å². The molecule has 0 spiro atoms. The molecule has 1 aliphatic rings. The number of benzene rings is 5. The van der Waals surface area contributed by atoms with E-state index in [9.17, 15) is 9.90 Å². The lowest BCUT2D eigenvalue weighted by molar-refractivity contribution is 0.0698. The lowest BCUT2D eigenvalue weighted by Gasteiger charge is -2.16. The Kier molecular flexibility index (Phi) is 3.92. The first kappa shape index (κ1) is 18.4. The quantitative estimate of drug-likeness (QED) is 0.304. The van der Waals surface area contributed by atoms with E-state index in [0.29, 0.717) is 5.69 Å². The third-order valence-corrected chi connectivity index (χ3v) is 6.35. The first-order chi connectivity index (χ1) is 15.6. The maximum Gasteiger partial charge on any atom is 0.337 e. The van der Waals surface area contributed by atoms with Crippen molar-refractivity contribution in [2.75, 3.05) is 5.73 Å². The lowest BCUT2D eigenvalue weighted by Crippen LogP contribution is -2.03. The van der Waals surface area contributed by atoms with E-state index in [1.165, 1.54) is 0 Å². The van der Waals surface area contributed by atoms with E-state index < -0.39 is 5.97 Å². The van der Waals surface area contributed by atoms with E-state index in [0.717, 1.165) is 55.3 Å². The number of fused-ring (bicyclic) bond motifs is 3. The van der Waals surface area contributed by atoms with E-state index in [4.69, 9.17) is 5.73 Å². The van der Waals surface area contributed by atoms with Crippen LogP contribution in [0, 0.1) is 0 Å². The summed E-state index contributed by atoms with van der Waals surface area (Å²) >= 11 is 0. The standard InChI is InChI=1S/C29H19NO2/c30-28-22-13-7-12-21-25(22)23(16-24(28)29(31)32)27-20(18-10-5-2-6-11-18)15-14-19(26(21)27)17-8-3-1-4-9-17/h1-16H,30H2,(H,31,32). The van der Waals surface area contributed by atoms with E-state index in [-0.39, 0.29) is 5.56 Å². The van der Waals surface area contributed by atoms with Crippen molar-refractivity contribution >= 4 is 22.4 Å². The van der Waals surface area contributed by atoms with Crippen molar-refractivity contribution < 1.29 is 9.90 Å². The number of hydrogen-bond acceptors (Lipinski definition) is 2. The van der Waals surface area contributed by atoms with E-state index >= 15 is 0 Å². The Hall–Kier alpha value is -4.37. The molecule has 0 amide bonds. The van der Waals surface area contributed by atoms with Gasteiger partial charge in [-0.05, 0) is 56.0 Å². The Morgan fingerprint density at radius 3 is 1.75 bits per heavy atom. The highest BCUT2D eigenvalue weighted by Gasteiger charge is 2.30. The third kappa shape index (κ3) is 2.51. The van der Waals surface area contributed by atoms with Crippen LogP contribution >= 0.6 is 0 Å². The Balaban J connectivity index is 1.80. The second-order valence-corrected chi connectivity index (χ2v) is 8.06. The summed E-state index contributed by atoms with van der Waals surface area (Å²) in [4.78, 5) is 12.0. The highest BCUT2D eigenvalue weighted by atomic mass is 16.4. The van der Waals surface area contributed by atoms with Crippen molar-refractivity contribution in [2.24, 2.45) is 0 Å². The number of nitrogen functional groups attached to an aromatic ring is 1. The van der Waals surface area contributed by atoms with Crippen LogP contribution in [0.4, 0.5) is 5.69 Å². The molecule has 6 rings (SSSR count). The molecule has 0 unspecified atom stereocenters. The van der Waals surface area contributed by atoms with Gasteiger partial charge in [-0.15, -0.1) is 0 Å². The molecule has 1 aliphatic carbocycles. The van der Waals surface area contributed by atoms with Crippen LogP contribution in [0.5, 0.6) is 0 Å². The molecule has 0 fully saturated rings. The maximum absolute atomic E-state index is 12.0. The zero-order chi connectivity index (χ0) is 21.8. The Morgan fingerprint density at radius 2 is 1.19 bits per heavy atom. The van der Waals surface area contributed by atoms with Crippen LogP contribution in [0.2, 0.25) is 0 Å². The fraction of sp³-hybridized carbons (Fsp3) is 0. The topological polar surface area (TPSA) is 63.3 Å². The number of nitrogens with two attached hydrogens (primary N) is 1. The molecule has 0 aliphatic heterocycles. The molecule has 32 heavy (non-hydrogen) atoms. The largest absolute Gasteiger partial charge is 0.478 e. The zero-order valence-electron chi connectivity index (χ0n) is 17.2. The van der Waals surface area contributed by atoms with Gasteiger partial charge in [0.25, 0.3) is 0 Å². The number of carbonyl (C=O) groups is 1. The minimum Gasteiger partial charge on any atom is -0.478 e. The van der Waals surface area contributed by atoms with Crippen LogP contribution in [0.25, 0.3) is 55.3 Å². The van der Waals surface area contributed by atoms with Crippen molar-refractivity contribution in [3.8, 4) is 44.5 Å². The number of carboxylic acids is 1. The SMILES string of the molecule is Nc1c(C(=O)O)cc2c3c(cccc13)-c1c(-c3ccccc3)ccc(-c3ccccc3)c1-2. The highest BCUT2D eigenvalue weighted by Crippen LogP contribution is 2.55. The highest BCUT2D eigenvalue weighted by molar-refractivity contribution is 6.24. The van der Waals surface area contributed by atoms with Gasteiger partial charge in [-0.3, -0.25) is 0 Å². The number of aromatic carboxylic acids is 1. The monoisotopic (exact) mass is 413 g/mol. The van der Waals surface area contributed by atoms with Crippen LogP contribution in [0.1, 0.15) is 10.4 Å². The molecule has 3 heteroatoms. The molecule has 0 atom stereocenters. The second-order valence-electron chi connectivity index (χ2n) is 8.06. The number of rotatable bonds is 3. The van der Waals surface area contributed by atoms with Crippen LogP contribution in [0.15, 0.2) is 97.1 Å². The fourth-order valence-electron chi connectivity index (χ4n) is 4.97. The first-order valence-electron chi connectivity index (χ1n) is 10.5. The Morgan fingerprint density at radius 1 is 0.625 bits per heavy atom. The number of carboxylic acid groups (broad SMARTS) is 1. The molecular weight excluding hydrogens is 394 g/mol. The van der Waals surface area contributed by atoms with Gasteiger partial charge in [0.15, 0.2) is 0 Å². The van der Waals surface area contributed by atoms with Crippen LogP contribution in [-0.4, -0.2) is 11.1 Å².